The van der Waals surface area contributed by atoms with Gasteiger partial charge in [0.05, 0.1) is 10.7 Å². The van der Waals surface area contributed by atoms with E-state index in [2.05, 4.69) is 27.9 Å². The highest BCUT2D eigenvalue weighted by molar-refractivity contribution is 14.1. The number of benzene rings is 2. The number of amides is 1. The van der Waals surface area contributed by atoms with Crippen LogP contribution >= 0.6 is 57.1 Å². The summed E-state index contributed by atoms with van der Waals surface area (Å²) in [5.41, 5.74) is 0.773. The third-order valence-electron chi connectivity index (χ3n) is 2.92. The van der Waals surface area contributed by atoms with Crippen LogP contribution in [0.5, 0.6) is 0 Å². The fraction of sp³-hybridized carbons (Fsp3) is 0. The quantitative estimate of drug-likeness (QED) is 0.475. The van der Waals surface area contributed by atoms with Crippen molar-refractivity contribution in [2.45, 2.75) is 0 Å². The average Bonchev–Trinajstić information content (AvgIpc) is 2.78. The predicted octanol–water partition coefficient (Wildman–Crippen LogP) is 6.07. The summed E-state index contributed by atoms with van der Waals surface area (Å²) in [6, 6.07) is 13.0. The zero-order valence-corrected chi connectivity index (χ0v) is 15.0. The Hall–Kier alpha value is -0.820. The first-order valence-corrected chi connectivity index (χ1v) is 8.65. The summed E-state index contributed by atoms with van der Waals surface area (Å²) in [5, 5.41) is 4.83. The molecule has 6 heteroatoms. The van der Waals surface area contributed by atoms with Crippen LogP contribution in [0.25, 0.3) is 10.1 Å². The van der Waals surface area contributed by atoms with Crippen LogP contribution in [0.1, 0.15) is 9.67 Å². The molecule has 0 aliphatic rings. The van der Waals surface area contributed by atoms with Gasteiger partial charge in [-0.2, -0.15) is 0 Å². The zero-order chi connectivity index (χ0) is 15.0. The highest BCUT2D eigenvalue weighted by Crippen LogP contribution is 2.37. The summed E-state index contributed by atoms with van der Waals surface area (Å²) in [6.07, 6.45) is 0. The molecule has 3 rings (SSSR count). The Balaban J connectivity index is 1.98. The number of rotatable bonds is 2. The fourth-order valence-electron chi connectivity index (χ4n) is 1.93. The van der Waals surface area contributed by atoms with Gasteiger partial charge in [-0.1, -0.05) is 41.4 Å². The van der Waals surface area contributed by atoms with Gasteiger partial charge in [0.25, 0.3) is 5.91 Å². The Morgan fingerprint density at radius 2 is 1.90 bits per heavy atom. The largest absolute Gasteiger partial charge is 0.320 e. The molecule has 2 nitrogen and oxygen atoms in total. The van der Waals surface area contributed by atoms with Crippen molar-refractivity contribution in [2.75, 3.05) is 5.32 Å². The number of nitrogens with one attached hydrogen (secondary N) is 1. The molecule has 0 saturated heterocycles. The van der Waals surface area contributed by atoms with E-state index in [4.69, 9.17) is 23.2 Å². The van der Waals surface area contributed by atoms with Crippen molar-refractivity contribution >= 4 is 78.8 Å². The lowest BCUT2D eigenvalue weighted by atomic mass is 10.2. The maximum Gasteiger partial charge on any atom is 0.267 e. The Kier molecular flexibility index (Phi) is 4.40. The van der Waals surface area contributed by atoms with E-state index < -0.39 is 0 Å². The van der Waals surface area contributed by atoms with Crippen LogP contribution in [0.3, 0.4) is 0 Å². The monoisotopic (exact) mass is 447 g/mol. The SMILES string of the molecule is O=C(Nc1ccccc1I)c1sc2cc(Cl)ccc2c1Cl. The lowest BCUT2D eigenvalue weighted by molar-refractivity contribution is 0.103. The van der Waals surface area contributed by atoms with Crippen molar-refractivity contribution in [1.82, 2.24) is 0 Å². The summed E-state index contributed by atoms with van der Waals surface area (Å²) < 4.78 is 1.88. The molecular weight excluding hydrogens is 440 g/mol. The van der Waals surface area contributed by atoms with E-state index in [0.29, 0.717) is 14.9 Å². The second kappa shape index (κ2) is 6.12. The van der Waals surface area contributed by atoms with E-state index in [1.165, 1.54) is 11.3 Å². The predicted molar refractivity (Wildman–Crippen MR) is 99.0 cm³/mol. The van der Waals surface area contributed by atoms with E-state index in [1.807, 2.05) is 36.4 Å². The first kappa shape index (κ1) is 15.1. The van der Waals surface area contributed by atoms with Gasteiger partial charge in [-0.3, -0.25) is 4.79 Å². The number of halogens is 3. The number of hydrogen-bond donors (Lipinski definition) is 1. The van der Waals surface area contributed by atoms with Gasteiger partial charge < -0.3 is 5.32 Å². The van der Waals surface area contributed by atoms with Crippen LogP contribution in [0.4, 0.5) is 5.69 Å². The molecule has 3 aromatic rings. The Bertz CT molecular complexity index is 847. The van der Waals surface area contributed by atoms with Crippen molar-refractivity contribution in [2.24, 2.45) is 0 Å². The van der Waals surface area contributed by atoms with E-state index in [9.17, 15) is 4.79 Å². The van der Waals surface area contributed by atoms with Gasteiger partial charge >= 0.3 is 0 Å². The lowest BCUT2D eigenvalue weighted by Crippen LogP contribution is -2.11. The fourth-order valence-corrected chi connectivity index (χ4v) is 4.14. The molecule has 2 aromatic carbocycles. The average molecular weight is 448 g/mol. The summed E-state index contributed by atoms with van der Waals surface area (Å²) in [4.78, 5) is 12.9. The molecule has 1 heterocycles. The van der Waals surface area contributed by atoms with Gasteiger partial charge in [0.15, 0.2) is 0 Å². The van der Waals surface area contributed by atoms with Crippen LogP contribution < -0.4 is 5.32 Å². The van der Waals surface area contributed by atoms with Crippen molar-refractivity contribution in [3.63, 3.8) is 0 Å². The molecule has 0 saturated carbocycles. The maximum absolute atomic E-state index is 12.4. The van der Waals surface area contributed by atoms with E-state index in [0.717, 1.165) is 19.3 Å². The molecule has 0 fully saturated rings. The number of carbonyl (C=O) groups excluding carboxylic acids is 1. The molecular formula is C15H8Cl2INOS. The highest BCUT2D eigenvalue weighted by Gasteiger charge is 2.18. The van der Waals surface area contributed by atoms with E-state index >= 15 is 0 Å². The second-order valence-corrected chi connectivity index (χ2v) is 7.35. The third-order valence-corrected chi connectivity index (χ3v) is 5.75. The number of anilines is 1. The molecule has 0 spiro atoms. The van der Waals surface area contributed by atoms with E-state index in [-0.39, 0.29) is 5.91 Å². The number of thiophene rings is 1. The standard InChI is InChI=1S/C15H8Cl2INOS/c16-8-5-6-9-12(7-8)21-14(13(9)17)15(20)19-11-4-2-1-3-10(11)18/h1-7H,(H,19,20). The Morgan fingerprint density at radius 3 is 2.67 bits per heavy atom. The van der Waals surface area contributed by atoms with E-state index in [1.54, 1.807) is 6.07 Å². The van der Waals surface area contributed by atoms with Gasteiger partial charge in [-0.15, -0.1) is 11.3 Å². The topological polar surface area (TPSA) is 29.1 Å². The highest BCUT2D eigenvalue weighted by atomic mass is 127. The normalized spacial score (nSPS) is 10.8. The zero-order valence-electron chi connectivity index (χ0n) is 10.5. The van der Waals surface area contributed by atoms with Crippen molar-refractivity contribution in [3.05, 3.63) is 61.0 Å². The maximum atomic E-state index is 12.4. The van der Waals surface area contributed by atoms with Gasteiger partial charge in [0.1, 0.15) is 4.88 Å². The van der Waals surface area contributed by atoms with Crippen molar-refractivity contribution < 1.29 is 4.79 Å². The molecule has 1 aromatic heterocycles. The molecule has 1 N–H and O–H groups in total. The Morgan fingerprint density at radius 1 is 1.14 bits per heavy atom. The van der Waals surface area contributed by atoms with Gasteiger partial charge in [0, 0.05) is 18.7 Å². The van der Waals surface area contributed by atoms with Crippen LogP contribution in [0, 0.1) is 3.57 Å². The van der Waals surface area contributed by atoms with Gasteiger partial charge in [-0.25, -0.2) is 0 Å². The summed E-state index contributed by atoms with van der Waals surface area (Å²) in [5.74, 6) is -0.207. The molecule has 0 atom stereocenters. The number of hydrogen-bond acceptors (Lipinski definition) is 2. The number of carbonyl (C=O) groups is 1. The van der Waals surface area contributed by atoms with Gasteiger partial charge in [0.2, 0.25) is 0 Å². The van der Waals surface area contributed by atoms with Gasteiger partial charge in [-0.05, 0) is 46.9 Å². The molecule has 0 radical (unpaired) electrons. The molecule has 21 heavy (non-hydrogen) atoms. The molecule has 0 unspecified atom stereocenters. The summed E-state index contributed by atoms with van der Waals surface area (Å²) in [7, 11) is 0. The lowest BCUT2D eigenvalue weighted by Gasteiger charge is -2.05. The second-order valence-electron chi connectivity index (χ2n) is 4.32. The molecule has 106 valence electrons. The molecule has 0 aliphatic heterocycles. The minimum Gasteiger partial charge on any atom is -0.320 e. The first-order chi connectivity index (χ1) is 10.1. The molecule has 0 bridgehead atoms. The van der Waals surface area contributed by atoms with Crippen LogP contribution in [0.2, 0.25) is 10.0 Å². The smallest absolute Gasteiger partial charge is 0.267 e. The summed E-state index contributed by atoms with van der Waals surface area (Å²) in [6.45, 7) is 0. The van der Waals surface area contributed by atoms with Crippen molar-refractivity contribution in [1.29, 1.82) is 0 Å². The first-order valence-electron chi connectivity index (χ1n) is 5.99. The number of para-hydroxylation sites is 1. The minimum absolute atomic E-state index is 0.207. The molecule has 1 amide bonds. The summed E-state index contributed by atoms with van der Waals surface area (Å²) >= 11 is 15.8. The van der Waals surface area contributed by atoms with Crippen LogP contribution in [-0.2, 0) is 0 Å². The third kappa shape index (κ3) is 3.04. The van der Waals surface area contributed by atoms with Crippen molar-refractivity contribution in [3.8, 4) is 0 Å². The molecule has 0 aliphatic carbocycles. The van der Waals surface area contributed by atoms with Crippen LogP contribution in [0.15, 0.2) is 42.5 Å². The minimum atomic E-state index is -0.207. The van der Waals surface area contributed by atoms with Crippen LogP contribution in [-0.4, -0.2) is 5.91 Å². The Labute approximate surface area is 149 Å². The number of fused-ring (bicyclic) bond motifs is 1.